The standard InChI is InChI=1S/C14H23N3O/c1-3-18-13-6-8-17(9-7-13)14-12(10-15)5-4-11(2)16-14/h4-5,13H,3,6-10,15H2,1-2H3. The van der Waals surface area contributed by atoms with Gasteiger partial charge < -0.3 is 15.4 Å². The quantitative estimate of drug-likeness (QED) is 0.885. The Morgan fingerprint density at radius 3 is 2.72 bits per heavy atom. The molecule has 1 saturated heterocycles. The van der Waals surface area contributed by atoms with Crippen LogP contribution in [0.15, 0.2) is 12.1 Å². The molecule has 100 valence electrons. The van der Waals surface area contributed by atoms with Gasteiger partial charge in [0.15, 0.2) is 0 Å². The second-order valence-corrected chi connectivity index (χ2v) is 4.78. The zero-order valence-corrected chi connectivity index (χ0v) is 11.4. The second kappa shape index (κ2) is 6.16. The Bertz CT molecular complexity index is 387. The second-order valence-electron chi connectivity index (χ2n) is 4.78. The van der Waals surface area contributed by atoms with Crippen molar-refractivity contribution in [2.75, 3.05) is 24.6 Å². The van der Waals surface area contributed by atoms with Crippen molar-refractivity contribution in [2.24, 2.45) is 5.73 Å². The van der Waals surface area contributed by atoms with E-state index < -0.39 is 0 Å². The van der Waals surface area contributed by atoms with Gasteiger partial charge in [-0.25, -0.2) is 4.98 Å². The number of pyridine rings is 1. The van der Waals surface area contributed by atoms with Gasteiger partial charge in [0.2, 0.25) is 0 Å². The smallest absolute Gasteiger partial charge is 0.133 e. The fourth-order valence-electron chi connectivity index (χ4n) is 2.47. The molecule has 0 saturated carbocycles. The Morgan fingerprint density at radius 2 is 2.11 bits per heavy atom. The normalized spacial score (nSPS) is 17.2. The fourth-order valence-corrected chi connectivity index (χ4v) is 2.47. The number of ether oxygens (including phenoxy) is 1. The number of anilines is 1. The number of aromatic nitrogens is 1. The summed E-state index contributed by atoms with van der Waals surface area (Å²) in [6.07, 6.45) is 2.57. The van der Waals surface area contributed by atoms with Crippen LogP contribution < -0.4 is 10.6 Å². The number of hydrogen-bond acceptors (Lipinski definition) is 4. The molecule has 1 fully saturated rings. The van der Waals surface area contributed by atoms with Crippen LogP contribution in [0.1, 0.15) is 31.0 Å². The van der Waals surface area contributed by atoms with Crippen molar-refractivity contribution in [3.8, 4) is 0 Å². The van der Waals surface area contributed by atoms with Gasteiger partial charge in [0.05, 0.1) is 6.10 Å². The number of piperidine rings is 1. The van der Waals surface area contributed by atoms with Gasteiger partial charge in [-0.05, 0) is 32.8 Å². The predicted octanol–water partition coefficient (Wildman–Crippen LogP) is 1.85. The average Bonchev–Trinajstić information content (AvgIpc) is 2.40. The zero-order chi connectivity index (χ0) is 13.0. The highest BCUT2D eigenvalue weighted by Gasteiger charge is 2.21. The Balaban J connectivity index is 2.06. The van der Waals surface area contributed by atoms with Crippen LogP contribution in [0, 0.1) is 6.92 Å². The van der Waals surface area contributed by atoms with Gasteiger partial charge in [-0.2, -0.15) is 0 Å². The molecule has 0 atom stereocenters. The number of hydrogen-bond donors (Lipinski definition) is 1. The highest BCUT2D eigenvalue weighted by Crippen LogP contribution is 2.23. The highest BCUT2D eigenvalue weighted by atomic mass is 16.5. The van der Waals surface area contributed by atoms with Gasteiger partial charge >= 0.3 is 0 Å². The number of nitrogens with zero attached hydrogens (tertiary/aromatic N) is 2. The third-order valence-corrected chi connectivity index (χ3v) is 3.46. The molecule has 18 heavy (non-hydrogen) atoms. The van der Waals surface area contributed by atoms with Crippen molar-refractivity contribution in [1.82, 2.24) is 4.98 Å². The van der Waals surface area contributed by atoms with Gasteiger partial charge in [-0.1, -0.05) is 6.07 Å². The minimum absolute atomic E-state index is 0.414. The maximum Gasteiger partial charge on any atom is 0.133 e. The van der Waals surface area contributed by atoms with E-state index in [0.717, 1.165) is 49.6 Å². The first-order valence-electron chi connectivity index (χ1n) is 6.77. The summed E-state index contributed by atoms with van der Waals surface area (Å²) in [7, 11) is 0. The molecule has 2 N–H and O–H groups in total. The first kappa shape index (κ1) is 13.3. The van der Waals surface area contributed by atoms with Crippen molar-refractivity contribution in [3.05, 3.63) is 23.4 Å². The first-order chi connectivity index (χ1) is 8.74. The lowest BCUT2D eigenvalue weighted by atomic mass is 10.1. The maximum atomic E-state index is 5.79. The van der Waals surface area contributed by atoms with E-state index >= 15 is 0 Å². The summed E-state index contributed by atoms with van der Waals surface area (Å²) >= 11 is 0. The topological polar surface area (TPSA) is 51.4 Å². The number of rotatable bonds is 4. The van der Waals surface area contributed by atoms with Crippen molar-refractivity contribution in [2.45, 2.75) is 39.3 Å². The summed E-state index contributed by atoms with van der Waals surface area (Å²) < 4.78 is 5.68. The molecule has 2 heterocycles. The van der Waals surface area contributed by atoms with E-state index in [9.17, 15) is 0 Å². The lowest BCUT2D eigenvalue weighted by molar-refractivity contribution is 0.0458. The third kappa shape index (κ3) is 3.00. The summed E-state index contributed by atoms with van der Waals surface area (Å²) in [6.45, 7) is 7.45. The van der Waals surface area contributed by atoms with Crippen molar-refractivity contribution < 1.29 is 4.74 Å². The monoisotopic (exact) mass is 249 g/mol. The van der Waals surface area contributed by atoms with Crippen molar-refractivity contribution in [1.29, 1.82) is 0 Å². The van der Waals surface area contributed by atoms with Gasteiger partial charge in [-0.3, -0.25) is 0 Å². The molecular weight excluding hydrogens is 226 g/mol. The van der Waals surface area contributed by atoms with Crippen molar-refractivity contribution in [3.63, 3.8) is 0 Å². The summed E-state index contributed by atoms with van der Waals surface area (Å²) in [5.74, 6) is 1.06. The van der Waals surface area contributed by atoms with E-state index in [0.29, 0.717) is 12.6 Å². The molecule has 0 spiro atoms. The number of nitrogens with two attached hydrogens (primary N) is 1. The lowest BCUT2D eigenvalue weighted by Crippen LogP contribution is -2.38. The molecule has 2 rings (SSSR count). The molecule has 1 aromatic rings. The SMILES string of the molecule is CCOC1CCN(c2nc(C)ccc2CN)CC1. The molecule has 0 amide bonds. The van der Waals surface area contributed by atoms with Crippen LogP contribution in [-0.2, 0) is 11.3 Å². The van der Waals surface area contributed by atoms with E-state index in [2.05, 4.69) is 22.9 Å². The van der Waals surface area contributed by atoms with E-state index in [1.165, 1.54) is 0 Å². The van der Waals surface area contributed by atoms with Crippen LogP contribution in [0.2, 0.25) is 0 Å². The fraction of sp³-hybridized carbons (Fsp3) is 0.643. The molecule has 1 aromatic heterocycles. The minimum atomic E-state index is 0.414. The number of aryl methyl sites for hydroxylation is 1. The Labute approximate surface area is 109 Å². The summed E-state index contributed by atoms with van der Waals surface area (Å²) in [5.41, 5.74) is 7.98. The Morgan fingerprint density at radius 1 is 1.39 bits per heavy atom. The minimum Gasteiger partial charge on any atom is -0.378 e. The predicted molar refractivity (Wildman–Crippen MR) is 73.7 cm³/mol. The van der Waals surface area contributed by atoms with Crippen LogP contribution in [0.5, 0.6) is 0 Å². The molecule has 0 radical (unpaired) electrons. The third-order valence-electron chi connectivity index (χ3n) is 3.46. The van der Waals surface area contributed by atoms with E-state index in [1.807, 2.05) is 13.0 Å². The molecular formula is C14H23N3O. The maximum absolute atomic E-state index is 5.79. The lowest BCUT2D eigenvalue weighted by Gasteiger charge is -2.33. The van der Waals surface area contributed by atoms with Crippen LogP contribution in [0.3, 0.4) is 0 Å². The first-order valence-corrected chi connectivity index (χ1v) is 6.77. The molecule has 4 nitrogen and oxygen atoms in total. The molecule has 0 aromatic carbocycles. The molecule has 0 unspecified atom stereocenters. The summed E-state index contributed by atoms with van der Waals surface area (Å²) in [4.78, 5) is 6.98. The Kier molecular flexibility index (Phi) is 4.55. The van der Waals surface area contributed by atoms with E-state index in [1.54, 1.807) is 0 Å². The largest absolute Gasteiger partial charge is 0.378 e. The summed E-state index contributed by atoms with van der Waals surface area (Å²) in [6, 6.07) is 4.12. The average molecular weight is 249 g/mol. The van der Waals surface area contributed by atoms with Crippen LogP contribution in [0.25, 0.3) is 0 Å². The molecule has 1 aliphatic rings. The summed E-state index contributed by atoms with van der Waals surface area (Å²) in [5, 5.41) is 0. The van der Waals surface area contributed by atoms with Gasteiger partial charge in [0, 0.05) is 37.5 Å². The molecule has 1 aliphatic heterocycles. The van der Waals surface area contributed by atoms with Crippen LogP contribution in [-0.4, -0.2) is 30.8 Å². The van der Waals surface area contributed by atoms with E-state index in [4.69, 9.17) is 10.5 Å². The van der Waals surface area contributed by atoms with Crippen LogP contribution >= 0.6 is 0 Å². The van der Waals surface area contributed by atoms with Gasteiger partial charge in [0.1, 0.15) is 5.82 Å². The zero-order valence-electron chi connectivity index (χ0n) is 11.4. The molecule has 4 heteroatoms. The van der Waals surface area contributed by atoms with E-state index in [-0.39, 0.29) is 0 Å². The van der Waals surface area contributed by atoms with Gasteiger partial charge in [0.25, 0.3) is 0 Å². The van der Waals surface area contributed by atoms with Crippen LogP contribution in [0.4, 0.5) is 5.82 Å². The molecule has 0 bridgehead atoms. The van der Waals surface area contributed by atoms with Gasteiger partial charge in [-0.15, -0.1) is 0 Å². The Hall–Kier alpha value is -1.13. The molecule has 0 aliphatic carbocycles. The highest BCUT2D eigenvalue weighted by molar-refractivity contribution is 5.48. The van der Waals surface area contributed by atoms with Crippen molar-refractivity contribution >= 4 is 5.82 Å².